The molecule has 4 nitrogen and oxygen atoms in total. The lowest BCUT2D eigenvalue weighted by Crippen LogP contribution is -2.10. The van der Waals surface area contributed by atoms with E-state index in [9.17, 15) is 14.0 Å². The second kappa shape index (κ2) is 6.50. The molecule has 0 bridgehead atoms. The van der Waals surface area contributed by atoms with E-state index in [0.29, 0.717) is 11.0 Å². The fourth-order valence-corrected chi connectivity index (χ4v) is 2.28. The van der Waals surface area contributed by atoms with E-state index in [2.05, 4.69) is 5.32 Å². The molecule has 1 heterocycles. The molecule has 0 fully saturated rings. The van der Waals surface area contributed by atoms with Gasteiger partial charge in [0.2, 0.25) is 5.91 Å². The van der Waals surface area contributed by atoms with Gasteiger partial charge in [-0.2, -0.15) is 0 Å². The summed E-state index contributed by atoms with van der Waals surface area (Å²) < 4.78 is 18.9. The third kappa shape index (κ3) is 3.25. The van der Waals surface area contributed by atoms with Gasteiger partial charge in [-0.25, -0.2) is 4.39 Å². The number of para-hydroxylation sites is 1. The monoisotopic (exact) mass is 323 g/mol. The molecule has 3 rings (SSSR count). The van der Waals surface area contributed by atoms with E-state index in [1.807, 2.05) is 13.0 Å². The number of carbonyl (C=O) groups excluding carboxylic acids is 1. The van der Waals surface area contributed by atoms with E-state index >= 15 is 0 Å². The lowest BCUT2D eigenvalue weighted by Gasteiger charge is -2.03. The molecule has 0 spiro atoms. The number of rotatable bonds is 3. The third-order valence-electron chi connectivity index (χ3n) is 3.50. The van der Waals surface area contributed by atoms with Crippen molar-refractivity contribution < 1.29 is 13.6 Å². The Hall–Kier alpha value is -3.21. The Morgan fingerprint density at radius 3 is 2.79 bits per heavy atom. The highest BCUT2D eigenvalue weighted by atomic mass is 19.1. The second-order valence-corrected chi connectivity index (χ2v) is 5.32. The van der Waals surface area contributed by atoms with Crippen molar-refractivity contribution in [3.8, 4) is 0 Å². The number of halogens is 1. The molecule has 1 N–H and O–H groups in total. The zero-order chi connectivity index (χ0) is 17.1. The highest BCUT2D eigenvalue weighted by Crippen LogP contribution is 2.15. The zero-order valence-corrected chi connectivity index (χ0v) is 12.9. The molecule has 0 aliphatic rings. The summed E-state index contributed by atoms with van der Waals surface area (Å²) in [6, 6.07) is 11.2. The molecule has 0 saturated carbocycles. The maximum atomic E-state index is 13.5. The lowest BCUT2D eigenvalue weighted by molar-refractivity contribution is -0.111. The Labute approximate surface area is 137 Å². The van der Waals surface area contributed by atoms with E-state index < -0.39 is 11.7 Å². The van der Waals surface area contributed by atoms with Crippen molar-refractivity contribution in [1.82, 2.24) is 0 Å². The Kier molecular flexibility index (Phi) is 4.24. The minimum absolute atomic E-state index is 0.0771. The molecule has 0 unspecified atom stereocenters. The Balaban J connectivity index is 1.85. The molecule has 2 aromatic carbocycles. The van der Waals surface area contributed by atoms with Crippen molar-refractivity contribution >= 4 is 28.6 Å². The van der Waals surface area contributed by atoms with Crippen molar-refractivity contribution in [2.45, 2.75) is 6.92 Å². The van der Waals surface area contributed by atoms with Crippen LogP contribution in [0.25, 0.3) is 17.0 Å². The van der Waals surface area contributed by atoms with Crippen LogP contribution in [0.5, 0.6) is 0 Å². The molecule has 0 aliphatic carbocycles. The fourth-order valence-electron chi connectivity index (χ4n) is 2.28. The number of fused-ring (bicyclic) bond motifs is 1. The number of hydrogen-bond acceptors (Lipinski definition) is 3. The Morgan fingerprint density at radius 2 is 2.00 bits per heavy atom. The molecule has 5 heteroatoms. The van der Waals surface area contributed by atoms with Gasteiger partial charge in [0.1, 0.15) is 17.7 Å². The van der Waals surface area contributed by atoms with E-state index in [4.69, 9.17) is 4.42 Å². The predicted molar refractivity (Wildman–Crippen MR) is 91.3 cm³/mol. The molecule has 0 saturated heterocycles. The van der Waals surface area contributed by atoms with Gasteiger partial charge in [0, 0.05) is 6.08 Å². The minimum Gasteiger partial charge on any atom is -0.463 e. The second-order valence-electron chi connectivity index (χ2n) is 5.32. The number of hydrogen-bond donors (Lipinski definition) is 1. The van der Waals surface area contributed by atoms with Gasteiger partial charge in [-0.05, 0) is 37.3 Å². The van der Waals surface area contributed by atoms with Crippen LogP contribution in [0.15, 0.2) is 64.0 Å². The number of benzene rings is 2. The smallest absolute Gasteiger partial charge is 0.248 e. The first-order valence-corrected chi connectivity index (χ1v) is 7.30. The van der Waals surface area contributed by atoms with Crippen LogP contribution in [-0.2, 0) is 4.79 Å². The molecule has 0 atom stereocenters. The molecule has 0 aliphatic heterocycles. The molecule has 3 aromatic rings. The average Bonchev–Trinajstić information content (AvgIpc) is 2.57. The fraction of sp³-hybridized carbons (Fsp3) is 0.0526. The normalized spacial score (nSPS) is 11.1. The van der Waals surface area contributed by atoms with E-state index in [-0.39, 0.29) is 16.7 Å². The van der Waals surface area contributed by atoms with Crippen molar-refractivity contribution in [3.63, 3.8) is 0 Å². The summed E-state index contributed by atoms with van der Waals surface area (Å²) in [5.41, 5.74) is 1.52. The Bertz CT molecular complexity index is 1000. The number of anilines is 1. The standard InChI is InChI=1S/C19H14FNO3/c1-12-6-8-17-14(10-12)19(23)13(11-24-17)7-9-18(22)21-16-5-3-2-4-15(16)20/h2-11H,1H3,(H,21,22)/b9-7+. The summed E-state index contributed by atoms with van der Waals surface area (Å²) >= 11 is 0. The van der Waals surface area contributed by atoms with Crippen molar-refractivity contribution in [3.05, 3.63) is 82.0 Å². The van der Waals surface area contributed by atoms with Gasteiger partial charge < -0.3 is 9.73 Å². The topological polar surface area (TPSA) is 59.3 Å². The Morgan fingerprint density at radius 1 is 1.21 bits per heavy atom. The highest BCUT2D eigenvalue weighted by Gasteiger charge is 2.07. The van der Waals surface area contributed by atoms with Crippen LogP contribution in [0.3, 0.4) is 0 Å². The maximum absolute atomic E-state index is 13.5. The van der Waals surface area contributed by atoms with Gasteiger partial charge in [0.05, 0.1) is 16.6 Å². The van der Waals surface area contributed by atoms with Gasteiger partial charge in [0.25, 0.3) is 0 Å². The quantitative estimate of drug-likeness (QED) is 0.744. The summed E-state index contributed by atoms with van der Waals surface area (Å²) in [4.78, 5) is 24.3. The number of amides is 1. The number of nitrogens with one attached hydrogen (secondary N) is 1. The SMILES string of the molecule is Cc1ccc2occ(/C=C/C(=O)Nc3ccccc3F)c(=O)c2c1. The zero-order valence-electron chi connectivity index (χ0n) is 12.9. The molecule has 24 heavy (non-hydrogen) atoms. The largest absolute Gasteiger partial charge is 0.463 e. The van der Waals surface area contributed by atoms with Crippen molar-refractivity contribution in [1.29, 1.82) is 0 Å². The third-order valence-corrected chi connectivity index (χ3v) is 3.50. The van der Waals surface area contributed by atoms with Gasteiger partial charge >= 0.3 is 0 Å². The van der Waals surface area contributed by atoms with Crippen molar-refractivity contribution in [2.24, 2.45) is 0 Å². The van der Waals surface area contributed by atoms with E-state index in [1.165, 1.54) is 36.6 Å². The van der Waals surface area contributed by atoms with Crippen molar-refractivity contribution in [2.75, 3.05) is 5.32 Å². The number of aryl methyl sites for hydroxylation is 1. The molecule has 120 valence electrons. The summed E-state index contributed by atoms with van der Waals surface area (Å²) in [6.07, 6.45) is 3.82. The van der Waals surface area contributed by atoms with Gasteiger partial charge in [-0.3, -0.25) is 9.59 Å². The molecule has 0 radical (unpaired) electrons. The summed E-state index contributed by atoms with van der Waals surface area (Å²) in [5.74, 6) is -1.07. The van der Waals surface area contributed by atoms with Crippen LogP contribution in [0.1, 0.15) is 11.1 Å². The predicted octanol–water partition coefficient (Wildman–Crippen LogP) is 3.89. The van der Waals surface area contributed by atoms with Crippen LogP contribution in [-0.4, -0.2) is 5.91 Å². The van der Waals surface area contributed by atoms with E-state index in [0.717, 1.165) is 5.56 Å². The molecular weight excluding hydrogens is 309 g/mol. The first-order chi connectivity index (χ1) is 11.5. The minimum atomic E-state index is -0.538. The van der Waals surface area contributed by atoms with Gasteiger partial charge in [-0.15, -0.1) is 0 Å². The van der Waals surface area contributed by atoms with Crippen LogP contribution >= 0.6 is 0 Å². The summed E-state index contributed by atoms with van der Waals surface area (Å²) in [5, 5.41) is 2.86. The summed E-state index contributed by atoms with van der Waals surface area (Å²) in [6.45, 7) is 1.88. The molecule has 1 aromatic heterocycles. The lowest BCUT2D eigenvalue weighted by atomic mass is 10.1. The maximum Gasteiger partial charge on any atom is 0.248 e. The van der Waals surface area contributed by atoms with Gasteiger partial charge in [-0.1, -0.05) is 23.8 Å². The van der Waals surface area contributed by atoms with Crippen LogP contribution in [0.2, 0.25) is 0 Å². The first-order valence-electron chi connectivity index (χ1n) is 7.30. The van der Waals surface area contributed by atoms with Crippen LogP contribution < -0.4 is 10.7 Å². The van der Waals surface area contributed by atoms with Crippen LogP contribution in [0, 0.1) is 12.7 Å². The molecular formula is C19H14FNO3. The first kappa shape index (κ1) is 15.7. The molecule has 1 amide bonds. The number of carbonyl (C=O) groups is 1. The van der Waals surface area contributed by atoms with E-state index in [1.54, 1.807) is 18.2 Å². The summed E-state index contributed by atoms with van der Waals surface area (Å²) in [7, 11) is 0. The highest BCUT2D eigenvalue weighted by molar-refractivity contribution is 6.02. The average molecular weight is 323 g/mol. The van der Waals surface area contributed by atoms with Crippen LogP contribution in [0.4, 0.5) is 10.1 Å². The van der Waals surface area contributed by atoms with Gasteiger partial charge in [0.15, 0.2) is 5.43 Å².